The third-order valence-electron chi connectivity index (χ3n) is 3.09. The molecule has 0 saturated heterocycles. The molecule has 0 amide bonds. The van der Waals surface area contributed by atoms with Crippen LogP contribution in [-0.4, -0.2) is 10.1 Å². The molecular formula is C15H13NO2. The van der Waals surface area contributed by atoms with Crippen molar-refractivity contribution in [1.82, 2.24) is 4.98 Å². The van der Waals surface area contributed by atoms with Gasteiger partial charge in [0.05, 0.1) is 0 Å². The van der Waals surface area contributed by atoms with Crippen LogP contribution in [0.3, 0.4) is 0 Å². The first-order valence-electron chi connectivity index (χ1n) is 5.83. The minimum absolute atomic E-state index is 0.548. The number of aryl methyl sites for hydroxylation is 1. The number of aromatic nitrogens is 1. The van der Waals surface area contributed by atoms with E-state index in [1.54, 1.807) is 12.4 Å². The average Bonchev–Trinajstić information content (AvgIpc) is 2.82. The van der Waals surface area contributed by atoms with E-state index in [9.17, 15) is 5.11 Å². The predicted molar refractivity (Wildman–Crippen MR) is 69.2 cm³/mol. The van der Waals surface area contributed by atoms with Crippen LogP contribution in [0.2, 0.25) is 0 Å². The molecule has 0 bridgehead atoms. The van der Waals surface area contributed by atoms with Gasteiger partial charge in [-0.1, -0.05) is 18.2 Å². The van der Waals surface area contributed by atoms with Crippen LogP contribution in [0.5, 0.6) is 0 Å². The number of aliphatic hydroxyl groups excluding tert-OH is 1. The molecule has 2 aromatic heterocycles. The van der Waals surface area contributed by atoms with Crippen LogP contribution in [0.4, 0.5) is 0 Å². The lowest BCUT2D eigenvalue weighted by atomic mass is 10.0. The second-order valence-corrected chi connectivity index (χ2v) is 4.32. The number of fused-ring (bicyclic) bond motifs is 1. The molecule has 1 atom stereocenters. The molecule has 3 aromatic rings. The van der Waals surface area contributed by atoms with Crippen LogP contribution < -0.4 is 0 Å². The Morgan fingerprint density at radius 1 is 1.22 bits per heavy atom. The second kappa shape index (κ2) is 4.27. The minimum atomic E-state index is -0.772. The topological polar surface area (TPSA) is 46.3 Å². The maximum Gasteiger partial charge on any atom is 0.138 e. The van der Waals surface area contributed by atoms with Crippen LogP contribution in [0.25, 0.3) is 11.0 Å². The molecule has 18 heavy (non-hydrogen) atoms. The van der Waals surface area contributed by atoms with Gasteiger partial charge in [0.15, 0.2) is 0 Å². The summed E-state index contributed by atoms with van der Waals surface area (Å²) in [4.78, 5) is 4.04. The van der Waals surface area contributed by atoms with E-state index in [2.05, 4.69) is 4.98 Å². The van der Waals surface area contributed by atoms with Gasteiger partial charge in [0, 0.05) is 23.3 Å². The Bertz CT molecular complexity index is 655. The molecule has 0 aliphatic rings. The zero-order valence-corrected chi connectivity index (χ0v) is 10.00. The molecule has 3 heteroatoms. The summed E-state index contributed by atoms with van der Waals surface area (Å²) in [5.74, 6) is 0.548. The number of rotatable bonds is 2. The van der Waals surface area contributed by atoms with E-state index < -0.39 is 6.10 Å². The van der Waals surface area contributed by atoms with Crippen molar-refractivity contribution < 1.29 is 9.52 Å². The molecule has 90 valence electrons. The second-order valence-electron chi connectivity index (χ2n) is 4.32. The van der Waals surface area contributed by atoms with Crippen molar-refractivity contribution in [3.63, 3.8) is 0 Å². The zero-order chi connectivity index (χ0) is 12.5. The quantitative estimate of drug-likeness (QED) is 0.746. The van der Waals surface area contributed by atoms with Crippen LogP contribution in [0.1, 0.15) is 23.0 Å². The SMILES string of the molecule is Cc1ccncc1C(O)c1cc2ccccc2o1. The molecule has 1 unspecified atom stereocenters. The normalized spacial score (nSPS) is 12.8. The Labute approximate surface area is 105 Å². The average molecular weight is 239 g/mol. The summed E-state index contributed by atoms with van der Waals surface area (Å²) in [7, 11) is 0. The fourth-order valence-corrected chi connectivity index (χ4v) is 2.05. The lowest BCUT2D eigenvalue weighted by Crippen LogP contribution is -2.01. The van der Waals surface area contributed by atoms with Crippen molar-refractivity contribution in [3.05, 3.63) is 65.7 Å². The van der Waals surface area contributed by atoms with Crippen molar-refractivity contribution in [3.8, 4) is 0 Å². The maximum absolute atomic E-state index is 10.3. The van der Waals surface area contributed by atoms with E-state index in [0.717, 1.165) is 22.1 Å². The fraction of sp³-hybridized carbons (Fsp3) is 0.133. The van der Waals surface area contributed by atoms with Gasteiger partial charge in [0.1, 0.15) is 17.4 Å². The number of pyridine rings is 1. The molecule has 3 nitrogen and oxygen atoms in total. The van der Waals surface area contributed by atoms with Gasteiger partial charge in [-0.3, -0.25) is 4.98 Å². The van der Waals surface area contributed by atoms with Crippen molar-refractivity contribution >= 4 is 11.0 Å². The Morgan fingerprint density at radius 3 is 2.83 bits per heavy atom. The van der Waals surface area contributed by atoms with Crippen molar-refractivity contribution in [1.29, 1.82) is 0 Å². The van der Waals surface area contributed by atoms with Gasteiger partial charge in [-0.25, -0.2) is 0 Å². The van der Waals surface area contributed by atoms with Crippen LogP contribution in [0.15, 0.2) is 53.2 Å². The Hall–Kier alpha value is -2.13. The van der Waals surface area contributed by atoms with E-state index in [4.69, 9.17) is 4.42 Å². The van der Waals surface area contributed by atoms with Gasteiger partial charge in [0.25, 0.3) is 0 Å². The molecule has 0 saturated carbocycles. The standard InChI is InChI=1S/C15H13NO2/c1-10-6-7-16-9-12(10)15(17)14-8-11-4-2-3-5-13(11)18-14/h2-9,15,17H,1H3. The Morgan fingerprint density at radius 2 is 2.06 bits per heavy atom. The van der Waals surface area contributed by atoms with Crippen molar-refractivity contribution in [2.45, 2.75) is 13.0 Å². The number of nitrogens with zero attached hydrogens (tertiary/aromatic N) is 1. The predicted octanol–water partition coefficient (Wildman–Crippen LogP) is 3.22. The molecule has 3 rings (SSSR count). The minimum Gasteiger partial charge on any atom is -0.458 e. The van der Waals surface area contributed by atoms with Crippen LogP contribution in [0, 0.1) is 6.92 Å². The first-order valence-corrected chi connectivity index (χ1v) is 5.83. The van der Waals surface area contributed by atoms with Gasteiger partial charge < -0.3 is 9.52 Å². The summed E-state index contributed by atoms with van der Waals surface area (Å²) in [6.07, 6.45) is 2.61. The molecule has 0 fully saturated rings. The summed E-state index contributed by atoms with van der Waals surface area (Å²) in [5.41, 5.74) is 2.56. The third kappa shape index (κ3) is 1.79. The van der Waals surface area contributed by atoms with E-state index in [1.165, 1.54) is 0 Å². The Kier molecular flexibility index (Phi) is 2.61. The van der Waals surface area contributed by atoms with Gasteiger partial charge in [0.2, 0.25) is 0 Å². The fourth-order valence-electron chi connectivity index (χ4n) is 2.05. The Balaban J connectivity index is 2.07. The number of hydrogen-bond donors (Lipinski definition) is 1. The van der Waals surface area contributed by atoms with Gasteiger partial charge in [-0.15, -0.1) is 0 Å². The molecular weight excluding hydrogens is 226 g/mol. The summed E-state index contributed by atoms with van der Waals surface area (Å²) < 4.78 is 5.66. The highest BCUT2D eigenvalue weighted by atomic mass is 16.4. The van der Waals surface area contributed by atoms with E-state index in [-0.39, 0.29) is 0 Å². The highest BCUT2D eigenvalue weighted by Crippen LogP contribution is 2.29. The summed E-state index contributed by atoms with van der Waals surface area (Å²) in [6.45, 7) is 1.95. The van der Waals surface area contributed by atoms with E-state index in [1.807, 2.05) is 43.3 Å². The largest absolute Gasteiger partial charge is 0.458 e. The number of furan rings is 1. The lowest BCUT2D eigenvalue weighted by molar-refractivity contribution is 0.191. The number of benzene rings is 1. The number of para-hydroxylation sites is 1. The summed E-state index contributed by atoms with van der Waals surface area (Å²) >= 11 is 0. The van der Waals surface area contributed by atoms with E-state index in [0.29, 0.717) is 5.76 Å². The monoisotopic (exact) mass is 239 g/mol. The molecule has 0 radical (unpaired) electrons. The molecule has 0 aliphatic heterocycles. The molecule has 0 spiro atoms. The maximum atomic E-state index is 10.3. The molecule has 1 N–H and O–H groups in total. The summed E-state index contributed by atoms with van der Waals surface area (Å²) in [6, 6.07) is 11.5. The smallest absolute Gasteiger partial charge is 0.138 e. The van der Waals surface area contributed by atoms with Gasteiger partial charge in [-0.2, -0.15) is 0 Å². The molecule has 0 aliphatic carbocycles. The van der Waals surface area contributed by atoms with Gasteiger partial charge in [-0.05, 0) is 30.7 Å². The highest BCUT2D eigenvalue weighted by molar-refractivity contribution is 5.77. The van der Waals surface area contributed by atoms with Crippen molar-refractivity contribution in [2.24, 2.45) is 0 Å². The van der Waals surface area contributed by atoms with Crippen LogP contribution in [-0.2, 0) is 0 Å². The highest BCUT2D eigenvalue weighted by Gasteiger charge is 2.17. The third-order valence-corrected chi connectivity index (χ3v) is 3.09. The first kappa shape index (κ1) is 11.0. The first-order chi connectivity index (χ1) is 8.75. The van der Waals surface area contributed by atoms with Crippen LogP contribution >= 0.6 is 0 Å². The zero-order valence-electron chi connectivity index (χ0n) is 10.00. The van der Waals surface area contributed by atoms with E-state index >= 15 is 0 Å². The number of aliphatic hydroxyl groups is 1. The van der Waals surface area contributed by atoms with Gasteiger partial charge >= 0.3 is 0 Å². The molecule has 2 heterocycles. The lowest BCUT2D eigenvalue weighted by Gasteiger charge is -2.09. The number of hydrogen-bond acceptors (Lipinski definition) is 3. The summed E-state index contributed by atoms with van der Waals surface area (Å²) in [5, 5.41) is 11.3. The molecule has 1 aromatic carbocycles. The van der Waals surface area contributed by atoms with Crippen molar-refractivity contribution in [2.75, 3.05) is 0 Å².